The fourth-order valence-corrected chi connectivity index (χ4v) is 1.84. The van der Waals surface area contributed by atoms with Crippen molar-refractivity contribution >= 4 is 12.0 Å². The van der Waals surface area contributed by atoms with Crippen LogP contribution in [0.2, 0.25) is 0 Å². The van der Waals surface area contributed by atoms with Crippen LogP contribution >= 0.6 is 0 Å². The number of nitrogens with one attached hydrogen (secondary N) is 1. The number of pyridine rings is 1. The lowest BCUT2D eigenvalue weighted by molar-refractivity contribution is -0.144. The van der Waals surface area contributed by atoms with E-state index in [0.29, 0.717) is 12.4 Å². The average molecular weight is 309 g/mol. The number of hydrogen-bond acceptors (Lipinski definition) is 5. The molecule has 7 nitrogen and oxygen atoms in total. The summed E-state index contributed by atoms with van der Waals surface area (Å²) in [5.74, 6) is -0.00302. The lowest BCUT2D eigenvalue weighted by Gasteiger charge is -2.24. The van der Waals surface area contributed by atoms with Crippen LogP contribution in [0.25, 0.3) is 0 Å². The highest BCUT2D eigenvalue weighted by Crippen LogP contribution is 2.09. The minimum Gasteiger partial charge on any atom is -0.481 e. The first-order valence-corrected chi connectivity index (χ1v) is 6.97. The lowest BCUT2D eigenvalue weighted by atomic mass is 10.1. The van der Waals surface area contributed by atoms with Crippen LogP contribution in [0.5, 0.6) is 5.88 Å². The summed E-state index contributed by atoms with van der Waals surface area (Å²) < 4.78 is 9.69. The Bertz CT molecular complexity index is 502. The maximum atomic E-state index is 12.2. The number of carbonyl (C=O) groups excluding carboxylic acids is 2. The zero-order chi connectivity index (χ0) is 16.7. The molecule has 2 amide bonds. The van der Waals surface area contributed by atoms with Crippen molar-refractivity contribution < 1.29 is 19.1 Å². The molecule has 1 heterocycles. The van der Waals surface area contributed by atoms with Crippen molar-refractivity contribution in [1.82, 2.24) is 15.2 Å². The van der Waals surface area contributed by atoms with E-state index in [2.05, 4.69) is 10.3 Å². The Morgan fingerprint density at radius 1 is 1.32 bits per heavy atom. The van der Waals surface area contributed by atoms with Crippen molar-refractivity contribution in [3.05, 3.63) is 23.9 Å². The lowest BCUT2D eigenvalue weighted by Crippen LogP contribution is -2.49. The van der Waals surface area contributed by atoms with E-state index in [4.69, 9.17) is 9.47 Å². The Labute approximate surface area is 130 Å². The number of ether oxygens (including phenoxy) is 2. The molecular formula is C15H23N3O4. The maximum absolute atomic E-state index is 12.2. The van der Waals surface area contributed by atoms with Gasteiger partial charge >= 0.3 is 12.0 Å². The van der Waals surface area contributed by atoms with Crippen LogP contribution in [-0.2, 0) is 16.1 Å². The largest absolute Gasteiger partial charge is 0.481 e. The second kappa shape index (κ2) is 8.21. The molecule has 0 saturated heterocycles. The van der Waals surface area contributed by atoms with Gasteiger partial charge in [-0.3, -0.25) is 0 Å². The molecule has 0 aliphatic rings. The van der Waals surface area contributed by atoms with Crippen molar-refractivity contribution in [2.75, 3.05) is 21.3 Å². The van der Waals surface area contributed by atoms with E-state index in [1.165, 1.54) is 12.0 Å². The Kier molecular flexibility index (Phi) is 6.62. The second-order valence-corrected chi connectivity index (χ2v) is 5.26. The van der Waals surface area contributed by atoms with Gasteiger partial charge in [0, 0.05) is 25.9 Å². The van der Waals surface area contributed by atoms with Gasteiger partial charge in [-0.1, -0.05) is 19.9 Å². The normalized spacial score (nSPS) is 11.7. The molecule has 0 saturated carbocycles. The van der Waals surface area contributed by atoms with Crippen LogP contribution < -0.4 is 10.1 Å². The molecule has 7 heteroatoms. The van der Waals surface area contributed by atoms with Gasteiger partial charge in [0.2, 0.25) is 5.88 Å². The molecule has 122 valence electrons. The highest BCUT2D eigenvalue weighted by Gasteiger charge is 2.26. The molecule has 1 rings (SSSR count). The minimum absolute atomic E-state index is 0.0625. The smallest absolute Gasteiger partial charge is 0.328 e. The van der Waals surface area contributed by atoms with Gasteiger partial charge < -0.3 is 19.7 Å². The molecule has 1 aromatic heterocycles. The standard InChI is InChI=1S/C15H23N3O4/c1-10(2)13(14(19)22-5)17-15(20)18(3)9-11-6-7-12(21-4)16-8-11/h6-8,10,13H,9H2,1-5H3,(H,17,20)/t13-/m0/s1. The SMILES string of the molecule is COC(=O)[C@@H](NC(=O)N(C)Cc1ccc(OC)nc1)C(C)C. The van der Waals surface area contributed by atoms with E-state index in [-0.39, 0.29) is 11.9 Å². The van der Waals surface area contributed by atoms with Crippen molar-refractivity contribution in [1.29, 1.82) is 0 Å². The molecule has 0 fully saturated rings. The number of aromatic nitrogens is 1. The second-order valence-electron chi connectivity index (χ2n) is 5.26. The number of urea groups is 1. The van der Waals surface area contributed by atoms with E-state index < -0.39 is 12.0 Å². The van der Waals surface area contributed by atoms with Gasteiger partial charge in [-0.15, -0.1) is 0 Å². The van der Waals surface area contributed by atoms with Crippen molar-refractivity contribution in [2.45, 2.75) is 26.4 Å². The van der Waals surface area contributed by atoms with Gasteiger partial charge in [-0.05, 0) is 11.5 Å². The molecule has 22 heavy (non-hydrogen) atoms. The maximum Gasteiger partial charge on any atom is 0.328 e. The Morgan fingerprint density at radius 2 is 2.00 bits per heavy atom. The third-order valence-corrected chi connectivity index (χ3v) is 3.17. The molecular weight excluding hydrogens is 286 g/mol. The highest BCUT2D eigenvalue weighted by molar-refractivity contribution is 5.83. The van der Waals surface area contributed by atoms with E-state index in [0.717, 1.165) is 5.56 Å². The van der Waals surface area contributed by atoms with E-state index in [1.807, 2.05) is 19.9 Å². The van der Waals surface area contributed by atoms with Crippen molar-refractivity contribution in [3.63, 3.8) is 0 Å². The summed E-state index contributed by atoms with van der Waals surface area (Å²) in [7, 11) is 4.49. The molecule has 1 atom stereocenters. The summed E-state index contributed by atoms with van der Waals surface area (Å²) in [4.78, 5) is 29.4. The molecule has 0 radical (unpaired) electrons. The molecule has 1 aromatic rings. The third kappa shape index (κ3) is 4.91. The summed E-state index contributed by atoms with van der Waals surface area (Å²) in [6, 6.07) is 2.54. The number of hydrogen-bond donors (Lipinski definition) is 1. The Balaban J connectivity index is 2.65. The molecule has 0 unspecified atom stereocenters. The summed E-state index contributed by atoms with van der Waals surface area (Å²) in [5, 5.41) is 2.68. The first kappa shape index (κ1) is 17.7. The van der Waals surface area contributed by atoms with Gasteiger partial charge in [0.05, 0.1) is 14.2 Å². The predicted octanol–water partition coefficient (Wildman–Crippen LogP) is 1.43. The first-order chi connectivity index (χ1) is 10.4. The number of nitrogens with zero attached hydrogens (tertiary/aromatic N) is 2. The fraction of sp³-hybridized carbons (Fsp3) is 0.533. The van der Waals surface area contributed by atoms with Gasteiger partial charge in [0.25, 0.3) is 0 Å². The van der Waals surface area contributed by atoms with Crippen LogP contribution in [0.15, 0.2) is 18.3 Å². The molecule has 0 spiro atoms. The van der Waals surface area contributed by atoms with E-state index >= 15 is 0 Å². The topological polar surface area (TPSA) is 80.8 Å². The zero-order valence-electron chi connectivity index (χ0n) is 13.6. The Morgan fingerprint density at radius 3 is 2.45 bits per heavy atom. The fourth-order valence-electron chi connectivity index (χ4n) is 1.84. The zero-order valence-corrected chi connectivity index (χ0v) is 13.6. The van der Waals surface area contributed by atoms with Crippen molar-refractivity contribution in [3.8, 4) is 5.88 Å². The summed E-state index contributed by atoms with van der Waals surface area (Å²) in [6.45, 7) is 4.05. The van der Waals surface area contributed by atoms with Crippen LogP contribution in [0, 0.1) is 5.92 Å². The van der Waals surface area contributed by atoms with Crippen LogP contribution in [0.1, 0.15) is 19.4 Å². The van der Waals surface area contributed by atoms with Crippen LogP contribution in [0.4, 0.5) is 4.79 Å². The van der Waals surface area contributed by atoms with Gasteiger partial charge in [-0.2, -0.15) is 0 Å². The molecule has 0 aromatic carbocycles. The van der Waals surface area contributed by atoms with E-state index in [9.17, 15) is 9.59 Å². The monoisotopic (exact) mass is 309 g/mol. The van der Waals surface area contributed by atoms with Gasteiger partial charge in [-0.25, -0.2) is 14.6 Å². The van der Waals surface area contributed by atoms with Gasteiger partial charge in [0.1, 0.15) is 6.04 Å². The van der Waals surface area contributed by atoms with E-state index in [1.54, 1.807) is 26.4 Å². The molecule has 0 bridgehead atoms. The number of esters is 1. The van der Waals surface area contributed by atoms with Crippen LogP contribution in [-0.4, -0.2) is 49.2 Å². The molecule has 0 aliphatic carbocycles. The quantitative estimate of drug-likeness (QED) is 0.804. The number of rotatable bonds is 6. The minimum atomic E-state index is -0.672. The Hall–Kier alpha value is -2.31. The number of carbonyl (C=O) groups is 2. The predicted molar refractivity (Wildman–Crippen MR) is 81.4 cm³/mol. The number of methoxy groups -OCH3 is 2. The van der Waals surface area contributed by atoms with Crippen LogP contribution in [0.3, 0.4) is 0 Å². The summed E-state index contributed by atoms with van der Waals surface area (Å²) >= 11 is 0. The molecule has 0 aliphatic heterocycles. The number of amides is 2. The molecule has 1 N–H and O–H groups in total. The summed E-state index contributed by atoms with van der Waals surface area (Å²) in [5.41, 5.74) is 0.859. The average Bonchev–Trinajstić information content (AvgIpc) is 2.51. The highest BCUT2D eigenvalue weighted by atomic mass is 16.5. The summed E-state index contributed by atoms with van der Waals surface area (Å²) in [6.07, 6.45) is 1.64. The van der Waals surface area contributed by atoms with Gasteiger partial charge in [0.15, 0.2) is 0 Å². The third-order valence-electron chi connectivity index (χ3n) is 3.17. The van der Waals surface area contributed by atoms with Crippen molar-refractivity contribution in [2.24, 2.45) is 5.92 Å². The first-order valence-electron chi connectivity index (χ1n) is 6.97.